The normalized spacial score (nSPS) is 13.6. The summed E-state index contributed by atoms with van der Waals surface area (Å²) in [6, 6.07) is 14.2. The standard InChI is InChI=1S/C32H31F3N2O4/c1-20-12-14-36(15-13-20)30(39)22-10-8-21(9-11-22)23-6-5-7-25(16-23)37(19-28(38)41-32(2,3)4)31(40)29-26(34)17-24(33)18-27(29)35/h5-11,16-18H,1,12-15,19H2,2-4H3. The van der Waals surface area contributed by atoms with E-state index < -0.39 is 47.0 Å². The van der Waals surface area contributed by atoms with Crippen molar-refractivity contribution in [2.75, 3.05) is 24.5 Å². The molecule has 41 heavy (non-hydrogen) atoms. The second-order valence-corrected chi connectivity index (χ2v) is 10.9. The van der Waals surface area contributed by atoms with Crippen molar-refractivity contribution in [3.8, 4) is 11.1 Å². The molecule has 2 amide bonds. The van der Waals surface area contributed by atoms with Gasteiger partial charge in [-0.3, -0.25) is 19.3 Å². The van der Waals surface area contributed by atoms with Crippen LogP contribution < -0.4 is 4.90 Å². The van der Waals surface area contributed by atoms with E-state index in [0.717, 1.165) is 23.3 Å². The number of amides is 2. The summed E-state index contributed by atoms with van der Waals surface area (Å²) < 4.78 is 48.0. The van der Waals surface area contributed by atoms with E-state index >= 15 is 0 Å². The van der Waals surface area contributed by atoms with Crippen LogP contribution in [0.2, 0.25) is 0 Å². The number of anilines is 1. The van der Waals surface area contributed by atoms with Gasteiger partial charge in [-0.15, -0.1) is 0 Å². The monoisotopic (exact) mass is 564 g/mol. The van der Waals surface area contributed by atoms with E-state index in [1.807, 2.05) is 0 Å². The SMILES string of the molecule is C=C1CCN(C(=O)c2ccc(-c3cccc(N(CC(=O)OC(C)(C)C)C(=O)c4c(F)cc(F)cc4F)c3)cc2)CC1. The van der Waals surface area contributed by atoms with Crippen molar-refractivity contribution >= 4 is 23.5 Å². The van der Waals surface area contributed by atoms with Gasteiger partial charge in [0.15, 0.2) is 0 Å². The number of halogens is 3. The number of rotatable bonds is 6. The van der Waals surface area contributed by atoms with Gasteiger partial charge in [0, 0.05) is 36.5 Å². The van der Waals surface area contributed by atoms with Gasteiger partial charge in [-0.2, -0.15) is 0 Å². The van der Waals surface area contributed by atoms with Gasteiger partial charge in [0.2, 0.25) is 0 Å². The molecule has 3 aromatic rings. The van der Waals surface area contributed by atoms with Crippen molar-refractivity contribution < 1.29 is 32.3 Å². The Morgan fingerprint density at radius 3 is 2.10 bits per heavy atom. The molecule has 0 N–H and O–H groups in total. The van der Waals surface area contributed by atoms with Gasteiger partial charge in [0.25, 0.3) is 11.8 Å². The topological polar surface area (TPSA) is 66.9 Å². The van der Waals surface area contributed by atoms with Crippen LogP contribution in [0.4, 0.5) is 18.9 Å². The lowest BCUT2D eigenvalue weighted by molar-refractivity contribution is -0.152. The number of hydrogen-bond acceptors (Lipinski definition) is 4. The Morgan fingerprint density at radius 1 is 0.902 bits per heavy atom. The maximum Gasteiger partial charge on any atom is 0.326 e. The third-order valence-corrected chi connectivity index (χ3v) is 6.55. The van der Waals surface area contributed by atoms with Crippen LogP contribution in [0.25, 0.3) is 11.1 Å². The number of ether oxygens (including phenoxy) is 1. The maximum absolute atomic E-state index is 14.6. The van der Waals surface area contributed by atoms with Crippen LogP contribution in [0.5, 0.6) is 0 Å². The van der Waals surface area contributed by atoms with Crippen molar-refractivity contribution in [1.82, 2.24) is 4.90 Å². The summed E-state index contributed by atoms with van der Waals surface area (Å²) in [7, 11) is 0. The minimum Gasteiger partial charge on any atom is -0.459 e. The van der Waals surface area contributed by atoms with E-state index in [1.165, 1.54) is 6.07 Å². The molecular formula is C32H31F3N2O4. The molecule has 1 fully saturated rings. The highest BCUT2D eigenvalue weighted by Gasteiger charge is 2.29. The van der Waals surface area contributed by atoms with Crippen molar-refractivity contribution in [1.29, 1.82) is 0 Å². The Labute approximate surface area is 237 Å². The largest absolute Gasteiger partial charge is 0.459 e. The lowest BCUT2D eigenvalue weighted by atomic mass is 10.0. The number of carbonyl (C=O) groups excluding carboxylic acids is 3. The number of likely N-dealkylation sites (tertiary alicyclic amines) is 1. The quantitative estimate of drug-likeness (QED) is 0.252. The molecule has 1 aliphatic heterocycles. The van der Waals surface area contributed by atoms with E-state index in [9.17, 15) is 27.6 Å². The Balaban J connectivity index is 1.65. The second kappa shape index (κ2) is 12.0. The van der Waals surface area contributed by atoms with Crippen molar-refractivity contribution in [2.24, 2.45) is 0 Å². The second-order valence-electron chi connectivity index (χ2n) is 10.9. The number of carbonyl (C=O) groups is 3. The Kier molecular flexibility index (Phi) is 8.66. The Bertz CT molecular complexity index is 1460. The molecule has 1 saturated heterocycles. The fourth-order valence-electron chi connectivity index (χ4n) is 4.53. The molecule has 214 valence electrons. The molecule has 9 heteroatoms. The molecule has 3 aromatic carbocycles. The van der Waals surface area contributed by atoms with Gasteiger partial charge in [0.05, 0.1) is 0 Å². The van der Waals surface area contributed by atoms with Crippen LogP contribution in [0.1, 0.15) is 54.3 Å². The highest BCUT2D eigenvalue weighted by atomic mass is 19.1. The molecule has 4 rings (SSSR count). The van der Waals surface area contributed by atoms with Crippen LogP contribution in [0.15, 0.2) is 72.8 Å². The third-order valence-electron chi connectivity index (χ3n) is 6.55. The summed E-state index contributed by atoms with van der Waals surface area (Å²) in [5.41, 5.74) is 1.29. The van der Waals surface area contributed by atoms with Gasteiger partial charge in [-0.05, 0) is 69.0 Å². The predicted octanol–water partition coefficient (Wildman–Crippen LogP) is 6.55. The highest BCUT2D eigenvalue weighted by Crippen LogP contribution is 2.28. The summed E-state index contributed by atoms with van der Waals surface area (Å²) >= 11 is 0. The number of nitrogens with zero attached hydrogens (tertiary/aromatic N) is 2. The first kappa shape index (κ1) is 29.6. The van der Waals surface area contributed by atoms with E-state index in [4.69, 9.17) is 4.74 Å². The fourth-order valence-corrected chi connectivity index (χ4v) is 4.53. The zero-order chi connectivity index (χ0) is 29.9. The van der Waals surface area contributed by atoms with Gasteiger partial charge >= 0.3 is 5.97 Å². The number of esters is 1. The van der Waals surface area contributed by atoms with Crippen molar-refractivity contribution in [3.63, 3.8) is 0 Å². The van der Waals surface area contributed by atoms with Gasteiger partial charge in [-0.25, -0.2) is 13.2 Å². The van der Waals surface area contributed by atoms with Crippen molar-refractivity contribution in [3.05, 3.63) is 101 Å². The van der Waals surface area contributed by atoms with Crippen LogP contribution in [0.3, 0.4) is 0 Å². The number of hydrogen-bond donors (Lipinski definition) is 0. The lowest BCUT2D eigenvalue weighted by Crippen LogP contribution is -2.39. The Hall–Kier alpha value is -4.40. The molecule has 0 aromatic heterocycles. The van der Waals surface area contributed by atoms with E-state index in [1.54, 1.807) is 68.1 Å². The number of piperidine rings is 1. The first-order valence-corrected chi connectivity index (χ1v) is 13.2. The van der Waals surface area contributed by atoms with Gasteiger partial charge in [0.1, 0.15) is 35.2 Å². The highest BCUT2D eigenvalue weighted by molar-refractivity contribution is 6.09. The first-order valence-electron chi connectivity index (χ1n) is 13.2. The lowest BCUT2D eigenvalue weighted by Gasteiger charge is -2.28. The summed E-state index contributed by atoms with van der Waals surface area (Å²) in [4.78, 5) is 41.7. The number of benzene rings is 3. The molecular weight excluding hydrogens is 533 g/mol. The zero-order valence-corrected chi connectivity index (χ0v) is 23.2. The van der Waals surface area contributed by atoms with Crippen LogP contribution in [-0.4, -0.2) is 47.9 Å². The van der Waals surface area contributed by atoms with Crippen LogP contribution in [-0.2, 0) is 9.53 Å². The molecule has 6 nitrogen and oxygen atoms in total. The van der Waals surface area contributed by atoms with Crippen LogP contribution in [0, 0.1) is 17.5 Å². The fraction of sp³-hybridized carbons (Fsp3) is 0.281. The van der Waals surface area contributed by atoms with E-state index in [2.05, 4.69) is 6.58 Å². The smallest absolute Gasteiger partial charge is 0.326 e. The molecule has 0 radical (unpaired) electrons. The predicted molar refractivity (Wildman–Crippen MR) is 150 cm³/mol. The summed E-state index contributed by atoms with van der Waals surface area (Å²) in [5.74, 6) is -6.01. The van der Waals surface area contributed by atoms with E-state index in [0.29, 0.717) is 41.9 Å². The molecule has 1 aliphatic rings. The Morgan fingerprint density at radius 2 is 1.51 bits per heavy atom. The van der Waals surface area contributed by atoms with Crippen molar-refractivity contribution in [2.45, 2.75) is 39.2 Å². The minimum atomic E-state index is -1.39. The molecule has 0 unspecified atom stereocenters. The average molecular weight is 565 g/mol. The molecule has 1 heterocycles. The maximum atomic E-state index is 14.6. The zero-order valence-electron chi connectivity index (χ0n) is 23.2. The van der Waals surface area contributed by atoms with Gasteiger partial charge in [-0.1, -0.05) is 36.4 Å². The van der Waals surface area contributed by atoms with Gasteiger partial charge < -0.3 is 9.64 Å². The summed E-state index contributed by atoms with van der Waals surface area (Å²) in [5, 5.41) is 0. The van der Waals surface area contributed by atoms with Crippen LogP contribution >= 0.6 is 0 Å². The molecule has 0 saturated carbocycles. The molecule has 0 aliphatic carbocycles. The summed E-state index contributed by atoms with van der Waals surface area (Å²) in [6.07, 6.45) is 1.56. The summed E-state index contributed by atoms with van der Waals surface area (Å²) in [6.45, 7) is 9.51. The van der Waals surface area contributed by atoms with E-state index in [-0.39, 0.29) is 11.6 Å². The molecule has 0 atom stereocenters. The third kappa shape index (κ3) is 7.22. The minimum absolute atomic E-state index is 0.0738. The first-order chi connectivity index (χ1) is 19.3. The molecule has 0 spiro atoms. The average Bonchev–Trinajstić information content (AvgIpc) is 2.90. The molecule has 0 bridgehead atoms.